The first kappa shape index (κ1) is 15.5. The summed E-state index contributed by atoms with van der Waals surface area (Å²) in [5.41, 5.74) is 0. The van der Waals surface area contributed by atoms with Crippen LogP contribution in [0.5, 0.6) is 0 Å². The highest BCUT2D eigenvalue weighted by molar-refractivity contribution is 7.89. The van der Waals surface area contributed by atoms with E-state index in [0.29, 0.717) is 6.07 Å². The van der Waals surface area contributed by atoms with Gasteiger partial charge in [-0.2, -0.15) is 0 Å². The van der Waals surface area contributed by atoms with Crippen LogP contribution in [0.4, 0.5) is 8.78 Å². The molecule has 0 heterocycles. The molecule has 1 aromatic carbocycles. The van der Waals surface area contributed by atoms with Gasteiger partial charge in [0.05, 0.1) is 0 Å². The van der Waals surface area contributed by atoms with E-state index in [1.807, 2.05) is 0 Å². The van der Waals surface area contributed by atoms with Crippen LogP contribution in [0.1, 0.15) is 19.8 Å². The maximum atomic E-state index is 13.4. The monoisotopic (exact) mass is 293 g/mol. The zero-order valence-corrected chi connectivity index (χ0v) is 10.9. The van der Waals surface area contributed by atoms with Gasteiger partial charge in [0.25, 0.3) is 0 Å². The number of sulfonamides is 1. The number of halogens is 2. The van der Waals surface area contributed by atoms with Gasteiger partial charge in [0.2, 0.25) is 10.0 Å². The first-order valence-corrected chi connectivity index (χ1v) is 6.90. The second kappa shape index (κ2) is 6.07. The summed E-state index contributed by atoms with van der Waals surface area (Å²) in [5, 5.41) is 8.47. The highest BCUT2D eigenvalue weighted by atomic mass is 32.2. The fourth-order valence-corrected chi connectivity index (χ4v) is 2.76. The van der Waals surface area contributed by atoms with Gasteiger partial charge >= 0.3 is 5.97 Å². The molecule has 1 aromatic rings. The van der Waals surface area contributed by atoms with Crippen LogP contribution < -0.4 is 4.72 Å². The van der Waals surface area contributed by atoms with Crippen molar-refractivity contribution in [3.05, 3.63) is 29.8 Å². The van der Waals surface area contributed by atoms with Crippen molar-refractivity contribution in [3.63, 3.8) is 0 Å². The molecule has 106 valence electrons. The summed E-state index contributed by atoms with van der Waals surface area (Å²) in [4.78, 5) is 9.68. The zero-order valence-electron chi connectivity index (χ0n) is 10.1. The van der Waals surface area contributed by atoms with Gasteiger partial charge in [0.15, 0.2) is 0 Å². The maximum Gasteiger partial charge on any atom is 0.303 e. The highest BCUT2D eigenvalue weighted by Crippen LogP contribution is 2.16. The Hall–Kier alpha value is -1.54. The Kier molecular flexibility index (Phi) is 4.96. The van der Waals surface area contributed by atoms with Gasteiger partial charge in [-0.05, 0) is 25.5 Å². The topological polar surface area (TPSA) is 83.5 Å². The number of rotatable bonds is 6. The molecule has 0 aliphatic heterocycles. The van der Waals surface area contributed by atoms with E-state index in [4.69, 9.17) is 5.11 Å². The highest BCUT2D eigenvalue weighted by Gasteiger charge is 2.21. The lowest BCUT2D eigenvalue weighted by Gasteiger charge is -2.13. The molecule has 0 saturated heterocycles. The summed E-state index contributed by atoms with van der Waals surface area (Å²) in [6.45, 7) is 1.46. The Morgan fingerprint density at radius 3 is 2.58 bits per heavy atom. The average molecular weight is 293 g/mol. The number of benzene rings is 1. The molecule has 2 N–H and O–H groups in total. The molecular formula is C11H13F2NO4S. The van der Waals surface area contributed by atoms with Gasteiger partial charge in [-0.25, -0.2) is 21.9 Å². The lowest BCUT2D eigenvalue weighted by molar-refractivity contribution is -0.137. The number of aliphatic carboxylic acids is 1. The Morgan fingerprint density at radius 1 is 1.42 bits per heavy atom. The molecule has 5 nitrogen and oxygen atoms in total. The van der Waals surface area contributed by atoms with Gasteiger partial charge < -0.3 is 5.11 Å². The van der Waals surface area contributed by atoms with Crippen LogP contribution in [-0.2, 0) is 14.8 Å². The standard InChI is InChI=1S/C11H13F2NO4S/c1-7(2-5-11(15)16)14-19(17,18)10-4-3-8(12)6-9(10)13/h3-4,6-7,14H,2,5H2,1H3,(H,15,16). The van der Waals surface area contributed by atoms with Gasteiger partial charge in [-0.1, -0.05) is 0 Å². The van der Waals surface area contributed by atoms with Crippen LogP contribution in [0.25, 0.3) is 0 Å². The molecule has 8 heteroatoms. The maximum absolute atomic E-state index is 13.4. The van der Waals surface area contributed by atoms with Crippen molar-refractivity contribution in [1.29, 1.82) is 0 Å². The number of hydrogen-bond acceptors (Lipinski definition) is 3. The lowest BCUT2D eigenvalue weighted by Crippen LogP contribution is -2.33. The molecule has 0 aromatic heterocycles. The van der Waals surface area contributed by atoms with Crippen molar-refractivity contribution in [2.45, 2.75) is 30.7 Å². The smallest absolute Gasteiger partial charge is 0.303 e. The predicted molar refractivity (Wildman–Crippen MR) is 63.0 cm³/mol. The zero-order chi connectivity index (χ0) is 14.6. The molecule has 19 heavy (non-hydrogen) atoms. The van der Waals surface area contributed by atoms with E-state index < -0.39 is 38.6 Å². The second-order valence-electron chi connectivity index (χ2n) is 4.03. The van der Waals surface area contributed by atoms with Crippen molar-refractivity contribution in [3.8, 4) is 0 Å². The molecule has 0 aliphatic rings. The van der Waals surface area contributed by atoms with E-state index in [1.165, 1.54) is 6.92 Å². The summed E-state index contributed by atoms with van der Waals surface area (Å²) < 4.78 is 51.8. The molecule has 0 bridgehead atoms. The largest absolute Gasteiger partial charge is 0.481 e. The van der Waals surface area contributed by atoms with Crippen molar-refractivity contribution >= 4 is 16.0 Å². The molecule has 0 saturated carbocycles. The number of carbonyl (C=O) groups is 1. The summed E-state index contributed by atoms with van der Waals surface area (Å²) in [7, 11) is -4.14. The van der Waals surface area contributed by atoms with Gasteiger partial charge in [0.1, 0.15) is 16.5 Å². The number of hydrogen-bond donors (Lipinski definition) is 2. The van der Waals surface area contributed by atoms with Crippen molar-refractivity contribution in [2.24, 2.45) is 0 Å². The fourth-order valence-electron chi connectivity index (χ4n) is 1.42. The summed E-state index contributed by atoms with van der Waals surface area (Å²) in [5.74, 6) is -3.13. The van der Waals surface area contributed by atoms with Crippen LogP contribution in [0, 0.1) is 11.6 Å². The van der Waals surface area contributed by atoms with Crippen LogP contribution in [-0.4, -0.2) is 25.5 Å². The molecule has 1 unspecified atom stereocenters. The minimum absolute atomic E-state index is 0.0668. The van der Waals surface area contributed by atoms with E-state index in [9.17, 15) is 22.0 Å². The Labute approximate surface area is 109 Å². The third-order valence-electron chi connectivity index (χ3n) is 2.33. The normalized spacial score (nSPS) is 13.2. The predicted octanol–water partition coefficient (Wildman–Crippen LogP) is 1.50. The van der Waals surface area contributed by atoms with E-state index >= 15 is 0 Å². The van der Waals surface area contributed by atoms with Gasteiger partial charge in [-0.3, -0.25) is 4.79 Å². The van der Waals surface area contributed by atoms with Crippen LogP contribution in [0.15, 0.2) is 23.1 Å². The van der Waals surface area contributed by atoms with E-state index in [0.717, 1.165) is 12.1 Å². The summed E-state index contributed by atoms with van der Waals surface area (Å²) in [6, 6.07) is 1.44. The fraction of sp³-hybridized carbons (Fsp3) is 0.364. The van der Waals surface area contributed by atoms with Crippen molar-refractivity contribution in [1.82, 2.24) is 4.72 Å². The minimum Gasteiger partial charge on any atom is -0.481 e. The first-order chi connectivity index (χ1) is 8.72. The molecule has 0 aliphatic carbocycles. The number of carboxylic acid groups (broad SMARTS) is 1. The van der Waals surface area contributed by atoms with E-state index in [1.54, 1.807) is 0 Å². The average Bonchev–Trinajstić information content (AvgIpc) is 2.25. The molecule has 1 rings (SSSR count). The third-order valence-corrected chi connectivity index (χ3v) is 3.95. The second-order valence-corrected chi connectivity index (χ2v) is 5.71. The molecule has 0 spiro atoms. The molecular weight excluding hydrogens is 280 g/mol. The van der Waals surface area contributed by atoms with Crippen molar-refractivity contribution < 1.29 is 27.1 Å². The first-order valence-electron chi connectivity index (χ1n) is 5.41. The molecule has 0 fully saturated rings. The Morgan fingerprint density at radius 2 is 2.05 bits per heavy atom. The van der Waals surface area contributed by atoms with Crippen molar-refractivity contribution in [2.75, 3.05) is 0 Å². The quantitative estimate of drug-likeness (QED) is 0.832. The number of nitrogens with one attached hydrogen (secondary N) is 1. The molecule has 0 radical (unpaired) electrons. The summed E-state index contributed by atoms with van der Waals surface area (Å²) >= 11 is 0. The molecule has 0 amide bonds. The van der Waals surface area contributed by atoms with Gasteiger partial charge in [0, 0.05) is 18.5 Å². The number of carboxylic acids is 1. The Bertz CT molecular complexity index is 574. The van der Waals surface area contributed by atoms with Crippen LogP contribution >= 0.6 is 0 Å². The van der Waals surface area contributed by atoms with E-state index in [-0.39, 0.29) is 12.8 Å². The summed E-state index contributed by atoms with van der Waals surface area (Å²) in [6.07, 6.45) is -0.146. The van der Waals surface area contributed by atoms with Crippen LogP contribution in [0.3, 0.4) is 0 Å². The van der Waals surface area contributed by atoms with Gasteiger partial charge in [-0.15, -0.1) is 0 Å². The lowest BCUT2D eigenvalue weighted by atomic mass is 10.2. The SMILES string of the molecule is CC(CCC(=O)O)NS(=O)(=O)c1ccc(F)cc1F. The third kappa shape index (κ3) is 4.56. The minimum atomic E-state index is -4.14. The molecule has 1 atom stereocenters. The van der Waals surface area contributed by atoms with Crippen LogP contribution in [0.2, 0.25) is 0 Å². The Balaban J connectivity index is 2.83. The van der Waals surface area contributed by atoms with E-state index in [2.05, 4.69) is 4.72 Å².